The van der Waals surface area contributed by atoms with Gasteiger partial charge in [-0.2, -0.15) is 0 Å². The van der Waals surface area contributed by atoms with Crippen molar-refractivity contribution in [1.29, 1.82) is 10.8 Å². The van der Waals surface area contributed by atoms with Crippen molar-refractivity contribution in [3.8, 4) is 11.1 Å². The number of benzene rings is 1. The van der Waals surface area contributed by atoms with Crippen molar-refractivity contribution in [2.45, 2.75) is 20.8 Å². The molecule has 0 bridgehead atoms. The molecule has 0 aliphatic heterocycles. The Morgan fingerprint density at radius 3 is 1.00 bits per heavy atom. The molecule has 0 unspecified atom stereocenters. The zero-order valence-corrected chi connectivity index (χ0v) is 9.70. The van der Waals surface area contributed by atoms with E-state index in [2.05, 4.69) is 45.0 Å². The van der Waals surface area contributed by atoms with Crippen molar-refractivity contribution in [3.05, 3.63) is 24.3 Å². The molecule has 0 radical (unpaired) electrons. The first-order valence-electron chi connectivity index (χ1n) is 4.71. The Kier molecular flexibility index (Phi) is 11.3. The van der Waals surface area contributed by atoms with Gasteiger partial charge in [-0.1, -0.05) is 45.0 Å². The van der Waals surface area contributed by atoms with E-state index >= 15 is 0 Å². The Hall–Kier alpha value is -2.02. The molecule has 0 atom stereocenters. The highest BCUT2D eigenvalue weighted by Gasteiger charge is 2.03. The molecule has 0 saturated carbocycles. The summed E-state index contributed by atoms with van der Waals surface area (Å²) in [6, 6.07) is 8.48. The Morgan fingerprint density at radius 1 is 0.875 bits per heavy atom. The van der Waals surface area contributed by atoms with Crippen molar-refractivity contribution in [2.24, 2.45) is 5.92 Å². The van der Waals surface area contributed by atoms with Gasteiger partial charge < -0.3 is 0 Å². The largest absolute Gasteiger partial charge is 0.231 e. The fourth-order valence-corrected chi connectivity index (χ4v) is 0.663. The Morgan fingerprint density at radius 2 is 1.00 bits per heavy atom. The van der Waals surface area contributed by atoms with Gasteiger partial charge in [-0.05, 0) is 17.0 Å². The number of hydrogen-bond donors (Lipinski definition) is 2. The number of rotatable bonds is 0. The fourth-order valence-electron chi connectivity index (χ4n) is 0.663. The van der Waals surface area contributed by atoms with Crippen LogP contribution in [0.4, 0.5) is 0 Å². The van der Waals surface area contributed by atoms with Crippen LogP contribution in [0.2, 0.25) is 0 Å². The normalized spacial score (nSPS) is 7.50. The molecule has 2 N–H and O–H groups in total. The summed E-state index contributed by atoms with van der Waals surface area (Å²) in [7, 11) is 0. The summed E-state index contributed by atoms with van der Waals surface area (Å²) < 4.78 is 0. The first-order chi connectivity index (χ1) is 7.53. The monoisotopic (exact) mass is 220 g/mol. The quantitative estimate of drug-likeness (QED) is 0.528. The summed E-state index contributed by atoms with van der Waals surface area (Å²) in [6.07, 6.45) is 1.50. The molecule has 0 amide bonds. The Balaban J connectivity index is 0. The van der Waals surface area contributed by atoms with Gasteiger partial charge >= 0.3 is 0 Å². The van der Waals surface area contributed by atoms with E-state index in [9.17, 15) is 0 Å². The first-order valence-corrected chi connectivity index (χ1v) is 4.71. The van der Waals surface area contributed by atoms with E-state index in [1.165, 1.54) is 11.1 Å². The number of isocyanates is 2. The predicted molar refractivity (Wildman–Crippen MR) is 62.8 cm³/mol. The van der Waals surface area contributed by atoms with Crippen molar-refractivity contribution in [3.63, 3.8) is 0 Å². The molecule has 4 nitrogen and oxygen atoms in total. The third kappa shape index (κ3) is 10.1. The van der Waals surface area contributed by atoms with Crippen molar-refractivity contribution >= 4 is 12.2 Å². The number of fused-ring (bicyclic) bond motifs is 1. The van der Waals surface area contributed by atoms with Gasteiger partial charge in [-0.15, -0.1) is 0 Å². The lowest BCUT2D eigenvalue weighted by atomic mass is 9.95. The van der Waals surface area contributed by atoms with E-state index in [-0.39, 0.29) is 0 Å². The van der Waals surface area contributed by atoms with Crippen molar-refractivity contribution in [2.75, 3.05) is 0 Å². The maximum atomic E-state index is 8.35. The lowest BCUT2D eigenvalue weighted by Gasteiger charge is -2.10. The van der Waals surface area contributed by atoms with Gasteiger partial charge in [0.2, 0.25) is 12.2 Å². The minimum atomic E-state index is 0.750. The zero-order valence-electron chi connectivity index (χ0n) is 9.70. The predicted octanol–water partition coefficient (Wildman–Crippen LogP) is 3.13. The minimum absolute atomic E-state index is 0.750. The van der Waals surface area contributed by atoms with E-state index in [0.717, 1.165) is 18.1 Å². The summed E-state index contributed by atoms with van der Waals surface area (Å²) in [5.41, 5.74) is 2.85. The second-order valence-corrected chi connectivity index (χ2v) is 3.51. The molecular weight excluding hydrogens is 204 g/mol. The number of carbonyl (C=O) groups excluding carboxylic acids is 2. The maximum Gasteiger partial charge on any atom is 0.231 e. The van der Waals surface area contributed by atoms with Crippen LogP contribution in [0.15, 0.2) is 24.3 Å². The van der Waals surface area contributed by atoms with Gasteiger partial charge in [0.05, 0.1) is 0 Å². The zero-order chi connectivity index (χ0) is 13.0. The standard InChI is InChI=1S/C6H4.C4H10.2CHNO/c1-2-6-4-3-5(1)6;1-4(2)3;2*2-1-3/h1-4H;4H,1-3H3;2*2H. The van der Waals surface area contributed by atoms with Crippen LogP contribution in [0.25, 0.3) is 11.1 Å². The van der Waals surface area contributed by atoms with Crippen LogP contribution in [0.5, 0.6) is 0 Å². The highest BCUT2D eigenvalue weighted by Crippen LogP contribution is 2.29. The third-order valence-electron chi connectivity index (χ3n) is 1.22. The van der Waals surface area contributed by atoms with Crippen LogP contribution < -0.4 is 0 Å². The molecule has 0 aromatic heterocycles. The van der Waals surface area contributed by atoms with Gasteiger partial charge in [0, 0.05) is 0 Å². The van der Waals surface area contributed by atoms with Crippen LogP contribution in [0.1, 0.15) is 20.8 Å². The SMILES string of the molecule is CC(C)C.N=C=O.N=C=O.c1cc2ccc1-2. The van der Waals surface area contributed by atoms with Crippen molar-refractivity contribution < 1.29 is 9.59 Å². The molecule has 0 aromatic rings. The summed E-state index contributed by atoms with van der Waals surface area (Å²) in [6.45, 7) is 6.50. The van der Waals surface area contributed by atoms with E-state index < -0.39 is 0 Å². The van der Waals surface area contributed by atoms with Crippen LogP contribution in [-0.4, -0.2) is 12.2 Å². The highest BCUT2D eigenvalue weighted by molar-refractivity contribution is 5.75. The smallest absolute Gasteiger partial charge is 0.222 e. The Labute approximate surface area is 95.3 Å². The van der Waals surface area contributed by atoms with Crippen LogP contribution in [0.3, 0.4) is 0 Å². The lowest BCUT2D eigenvalue weighted by molar-refractivity contribution is 0.562. The van der Waals surface area contributed by atoms with Crippen molar-refractivity contribution in [1.82, 2.24) is 0 Å². The molecule has 0 fully saturated rings. The van der Waals surface area contributed by atoms with Crippen LogP contribution in [0, 0.1) is 16.7 Å². The summed E-state index contributed by atoms with van der Waals surface area (Å²) in [5.74, 6) is 0.833. The molecule has 16 heavy (non-hydrogen) atoms. The van der Waals surface area contributed by atoms with E-state index in [1.807, 2.05) is 0 Å². The average molecular weight is 220 g/mol. The number of nitrogens with one attached hydrogen (secondary N) is 2. The Bertz CT molecular complexity index is 308. The molecule has 2 aliphatic carbocycles. The van der Waals surface area contributed by atoms with E-state index in [0.29, 0.717) is 0 Å². The molecule has 0 aromatic carbocycles. The van der Waals surface area contributed by atoms with Crippen LogP contribution in [-0.2, 0) is 9.59 Å². The second-order valence-electron chi connectivity index (χ2n) is 3.51. The van der Waals surface area contributed by atoms with E-state index in [4.69, 9.17) is 20.4 Å². The van der Waals surface area contributed by atoms with Crippen LogP contribution >= 0.6 is 0 Å². The molecule has 2 aliphatic rings. The van der Waals surface area contributed by atoms with Gasteiger partial charge in [-0.3, -0.25) is 0 Å². The first kappa shape index (κ1) is 16.4. The second kappa shape index (κ2) is 11.1. The summed E-state index contributed by atoms with van der Waals surface area (Å²) >= 11 is 0. The number of hydrogen-bond acceptors (Lipinski definition) is 4. The maximum absolute atomic E-state index is 8.35. The fraction of sp³-hybridized carbons (Fsp3) is 0.333. The van der Waals surface area contributed by atoms with Gasteiger partial charge in [-0.25, -0.2) is 20.4 Å². The molecule has 0 spiro atoms. The molecule has 2 rings (SSSR count). The van der Waals surface area contributed by atoms with Gasteiger partial charge in [0.15, 0.2) is 0 Å². The van der Waals surface area contributed by atoms with Gasteiger partial charge in [0.1, 0.15) is 0 Å². The molecular formula is C12H16N2O2. The molecule has 0 heterocycles. The molecule has 86 valence electrons. The highest BCUT2D eigenvalue weighted by atomic mass is 16.1. The molecule has 4 heteroatoms. The topological polar surface area (TPSA) is 81.8 Å². The summed E-state index contributed by atoms with van der Waals surface area (Å²) in [4.78, 5) is 16.7. The minimum Gasteiger partial charge on any atom is -0.222 e. The average Bonchev–Trinajstić information content (AvgIpc) is 2.13. The van der Waals surface area contributed by atoms with Gasteiger partial charge in [0.25, 0.3) is 0 Å². The molecule has 0 saturated heterocycles. The summed E-state index contributed by atoms with van der Waals surface area (Å²) in [5, 5.41) is 10.8. The van der Waals surface area contributed by atoms with E-state index in [1.54, 1.807) is 0 Å². The third-order valence-corrected chi connectivity index (χ3v) is 1.22. The lowest BCUT2D eigenvalue weighted by Crippen LogP contribution is -1.85.